The topological polar surface area (TPSA) is 55.3 Å². The quantitative estimate of drug-likeness (QED) is 0.341. The highest BCUT2D eigenvalue weighted by Crippen LogP contribution is 2.25. The third kappa shape index (κ3) is 6.87. The second kappa shape index (κ2) is 12.5. The molecule has 7 heteroatoms. The van der Waals surface area contributed by atoms with Gasteiger partial charge in [0, 0.05) is 45.9 Å². The Kier molecular flexibility index (Phi) is 10.7. The van der Waals surface area contributed by atoms with Crippen LogP contribution >= 0.6 is 24.0 Å². The summed E-state index contributed by atoms with van der Waals surface area (Å²) in [5.74, 6) is 2.39. The van der Waals surface area contributed by atoms with Crippen molar-refractivity contribution in [3.8, 4) is 11.5 Å². The van der Waals surface area contributed by atoms with Crippen molar-refractivity contribution in [1.29, 1.82) is 0 Å². The number of halogens is 1. The van der Waals surface area contributed by atoms with Gasteiger partial charge in [-0.1, -0.05) is 24.3 Å². The second-order valence-corrected chi connectivity index (χ2v) is 6.18. The van der Waals surface area contributed by atoms with Crippen molar-refractivity contribution in [3.05, 3.63) is 59.2 Å². The van der Waals surface area contributed by atoms with Crippen molar-refractivity contribution in [2.24, 2.45) is 4.99 Å². The van der Waals surface area contributed by atoms with Gasteiger partial charge in [-0.25, -0.2) is 0 Å². The first-order valence-electron chi connectivity index (χ1n) is 8.80. The molecule has 0 aliphatic rings. The van der Waals surface area contributed by atoms with Gasteiger partial charge in [-0.3, -0.25) is 4.99 Å². The van der Waals surface area contributed by atoms with E-state index in [4.69, 9.17) is 14.2 Å². The van der Waals surface area contributed by atoms with Gasteiger partial charge in [0.2, 0.25) is 0 Å². The zero-order valence-corrected chi connectivity index (χ0v) is 19.5. The van der Waals surface area contributed by atoms with Gasteiger partial charge in [0.05, 0.1) is 20.8 Å². The van der Waals surface area contributed by atoms with Crippen LogP contribution in [-0.2, 0) is 24.4 Å². The van der Waals surface area contributed by atoms with Gasteiger partial charge in [-0.15, -0.1) is 24.0 Å². The Balaban J connectivity index is 0.00000392. The van der Waals surface area contributed by atoms with E-state index in [1.54, 1.807) is 28.4 Å². The number of ether oxygens (including phenoxy) is 3. The summed E-state index contributed by atoms with van der Waals surface area (Å²) in [6.07, 6.45) is 0. The number of benzene rings is 2. The molecule has 0 saturated heterocycles. The monoisotopic (exact) mass is 499 g/mol. The fraction of sp³-hybridized carbons (Fsp3) is 0.381. The van der Waals surface area contributed by atoms with Crippen LogP contribution in [0.1, 0.15) is 16.7 Å². The van der Waals surface area contributed by atoms with E-state index in [1.165, 1.54) is 5.56 Å². The highest BCUT2D eigenvalue weighted by molar-refractivity contribution is 14.0. The first-order valence-corrected chi connectivity index (χ1v) is 8.80. The molecule has 6 nitrogen and oxygen atoms in total. The average Bonchev–Trinajstić information content (AvgIpc) is 2.70. The maximum atomic E-state index is 5.49. The van der Waals surface area contributed by atoms with Crippen LogP contribution in [0.2, 0.25) is 0 Å². The van der Waals surface area contributed by atoms with Crippen molar-refractivity contribution in [3.63, 3.8) is 0 Å². The summed E-state index contributed by atoms with van der Waals surface area (Å²) in [5, 5.41) is 3.40. The van der Waals surface area contributed by atoms with Gasteiger partial charge in [0.1, 0.15) is 11.5 Å². The fourth-order valence-corrected chi connectivity index (χ4v) is 2.80. The van der Waals surface area contributed by atoms with Gasteiger partial charge in [0.25, 0.3) is 0 Å². The van der Waals surface area contributed by atoms with E-state index in [1.807, 2.05) is 25.2 Å². The van der Waals surface area contributed by atoms with E-state index in [0.29, 0.717) is 19.7 Å². The van der Waals surface area contributed by atoms with Crippen LogP contribution in [0.4, 0.5) is 0 Å². The molecule has 0 atom stereocenters. The van der Waals surface area contributed by atoms with Gasteiger partial charge in [0.15, 0.2) is 5.96 Å². The molecule has 2 aromatic carbocycles. The maximum Gasteiger partial charge on any atom is 0.193 e. The van der Waals surface area contributed by atoms with E-state index in [-0.39, 0.29) is 24.0 Å². The molecular weight excluding hydrogens is 469 g/mol. The Morgan fingerprint density at radius 1 is 1.00 bits per heavy atom. The Morgan fingerprint density at radius 3 is 2.25 bits per heavy atom. The number of rotatable bonds is 8. The molecule has 154 valence electrons. The standard InChI is InChI=1S/C21H29N3O3.HI/c1-22-21(23-13-16-6-8-17(9-7-16)15-25-3)24(2)14-18-10-11-19(26-4)12-20(18)27-5;/h6-12H,13-15H2,1-5H3,(H,22,23);1H. The van der Waals surface area contributed by atoms with Crippen LogP contribution in [0.3, 0.4) is 0 Å². The smallest absolute Gasteiger partial charge is 0.193 e. The third-order valence-corrected chi connectivity index (χ3v) is 4.26. The Morgan fingerprint density at radius 2 is 1.68 bits per heavy atom. The van der Waals surface area contributed by atoms with Crippen LogP contribution in [0.5, 0.6) is 11.5 Å². The lowest BCUT2D eigenvalue weighted by atomic mass is 10.1. The molecule has 0 unspecified atom stereocenters. The van der Waals surface area contributed by atoms with Gasteiger partial charge in [-0.05, 0) is 23.3 Å². The average molecular weight is 499 g/mol. The number of hydrogen-bond donors (Lipinski definition) is 1. The SMILES string of the molecule is CN=C(NCc1ccc(COC)cc1)N(C)Cc1ccc(OC)cc1OC.I. The Labute approximate surface area is 184 Å². The third-order valence-electron chi connectivity index (χ3n) is 4.26. The predicted molar refractivity (Wildman–Crippen MR) is 124 cm³/mol. The lowest BCUT2D eigenvalue weighted by molar-refractivity contribution is 0.185. The number of guanidine groups is 1. The van der Waals surface area contributed by atoms with Crippen molar-refractivity contribution in [2.45, 2.75) is 19.7 Å². The molecule has 0 saturated carbocycles. The van der Waals surface area contributed by atoms with Crippen LogP contribution in [-0.4, -0.2) is 46.3 Å². The van der Waals surface area contributed by atoms with Crippen LogP contribution in [0.15, 0.2) is 47.5 Å². The van der Waals surface area contributed by atoms with Crippen molar-refractivity contribution in [1.82, 2.24) is 10.2 Å². The highest BCUT2D eigenvalue weighted by Gasteiger charge is 2.11. The normalized spacial score (nSPS) is 10.8. The molecule has 0 aromatic heterocycles. The van der Waals surface area contributed by atoms with E-state index >= 15 is 0 Å². The molecule has 28 heavy (non-hydrogen) atoms. The lowest BCUT2D eigenvalue weighted by Crippen LogP contribution is -2.38. The van der Waals surface area contributed by atoms with Crippen molar-refractivity contribution >= 4 is 29.9 Å². The summed E-state index contributed by atoms with van der Waals surface area (Å²) < 4.78 is 15.9. The Bertz CT molecular complexity index is 751. The van der Waals surface area contributed by atoms with E-state index in [9.17, 15) is 0 Å². The van der Waals surface area contributed by atoms with Crippen LogP contribution in [0, 0.1) is 0 Å². The summed E-state index contributed by atoms with van der Waals surface area (Å²) in [6, 6.07) is 14.2. The summed E-state index contributed by atoms with van der Waals surface area (Å²) in [4.78, 5) is 6.44. The minimum Gasteiger partial charge on any atom is -0.497 e. The van der Waals surface area contributed by atoms with E-state index in [0.717, 1.165) is 28.6 Å². The molecule has 1 N–H and O–H groups in total. The number of nitrogens with one attached hydrogen (secondary N) is 1. The molecule has 0 aliphatic carbocycles. The molecule has 0 heterocycles. The van der Waals surface area contributed by atoms with Gasteiger partial charge >= 0.3 is 0 Å². The largest absolute Gasteiger partial charge is 0.497 e. The fourth-order valence-electron chi connectivity index (χ4n) is 2.80. The molecule has 0 radical (unpaired) electrons. The molecular formula is C21H30IN3O3. The summed E-state index contributed by atoms with van der Waals surface area (Å²) >= 11 is 0. The minimum absolute atomic E-state index is 0. The molecule has 0 spiro atoms. The molecule has 0 aliphatic heterocycles. The molecule has 2 aromatic rings. The van der Waals surface area contributed by atoms with Crippen molar-refractivity contribution < 1.29 is 14.2 Å². The number of methoxy groups -OCH3 is 3. The maximum absolute atomic E-state index is 5.49. The first kappa shape index (κ1) is 24.0. The molecule has 0 bridgehead atoms. The molecule has 0 amide bonds. The van der Waals surface area contributed by atoms with E-state index < -0.39 is 0 Å². The first-order chi connectivity index (χ1) is 13.1. The summed E-state index contributed by atoms with van der Waals surface area (Å²) in [5.41, 5.74) is 3.41. The summed E-state index contributed by atoms with van der Waals surface area (Å²) in [6.45, 7) is 1.99. The van der Waals surface area contributed by atoms with Gasteiger partial charge < -0.3 is 24.4 Å². The van der Waals surface area contributed by atoms with Crippen molar-refractivity contribution in [2.75, 3.05) is 35.4 Å². The zero-order valence-electron chi connectivity index (χ0n) is 17.2. The van der Waals surface area contributed by atoms with Gasteiger partial charge in [-0.2, -0.15) is 0 Å². The summed E-state index contributed by atoms with van der Waals surface area (Å²) in [7, 11) is 8.80. The molecule has 2 rings (SSSR count). The highest BCUT2D eigenvalue weighted by atomic mass is 127. The lowest BCUT2D eigenvalue weighted by Gasteiger charge is -2.23. The second-order valence-electron chi connectivity index (χ2n) is 6.18. The Hall–Kier alpha value is -2.00. The van der Waals surface area contributed by atoms with E-state index in [2.05, 4.69) is 39.5 Å². The number of aliphatic imine (C=N–C) groups is 1. The van der Waals surface area contributed by atoms with Crippen LogP contribution in [0.25, 0.3) is 0 Å². The minimum atomic E-state index is 0. The van der Waals surface area contributed by atoms with Crippen LogP contribution < -0.4 is 14.8 Å². The predicted octanol–water partition coefficient (Wildman–Crippen LogP) is 3.68. The number of hydrogen-bond acceptors (Lipinski definition) is 4. The zero-order chi connectivity index (χ0) is 19.6. The number of nitrogens with zero attached hydrogens (tertiary/aromatic N) is 2. The molecule has 0 fully saturated rings.